The molecular formula is C16H15ClOS. The predicted molar refractivity (Wildman–Crippen MR) is 84.8 cm³/mol. The number of fused-ring (bicyclic) bond motifs is 3. The third-order valence-electron chi connectivity index (χ3n) is 3.60. The molecule has 0 spiro atoms. The molecule has 0 aliphatic carbocycles. The van der Waals surface area contributed by atoms with Crippen LogP contribution in [0.4, 0.5) is 0 Å². The number of phenols is 1. The van der Waals surface area contributed by atoms with Crippen molar-refractivity contribution in [1.82, 2.24) is 0 Å². The van der Waals surface area contributed by atoms with Gasteiger partial charge in [0.25, 0.3) is 0 Å². The summed E-state index contributed by atoms with van der Waals surface area (Å²) in [6.45, 7) is 4.18. The molecular weight excluding hydrogens is 276 g/mol. The molecule has 0 amide bonds. The topological polar surface area (TPSA) is 20.2 Å². The van der Waals surface area contributed by atoms with Gasteiger partial charge in [0.05, 0.1) is 0 Å². The molecule has 0 unspecified atom stereocenters. The van der Waals surface area contributed by atoms with Crippen LogP contribution < -0.4 is 0 Å². The average molecular weight is 291 g/mol. The van der Waals surface area contributed by atoms with Crippen LogP contribution >= 0.6 is 22.9 Å². The highest BCUT2D eigenvalue weighted by molar-refractivity contribution is 7.25. The molecule has 1 aromatic heterocycles. The maximum atomic E-state index is 9.97. The van der Waals surface area contributed by atoms with E-state index in [4.69, 9.17) is 11.6 Å². The lowest BCUT2D eigenvalue weighted by Gasteiger charge is -2.03. The average Bonchev–Trinajstić information content (AvgIpc) is 2.72. The monoisotopic (exact) mass is 290 g/mol. The third-order valence-corrected chi connectivity index (χ3v) is 5.07. The Labute approximate surface area is 121 Å². The van der Waals surface area contributed by atoms with Gasteiger partial charge in [-0.15, -0.1) is 11.3 Å². The lowest BCUT2D eigenvalue weighted by Crippen LogP contribution is -1.83. The van der Waals surface area contributed by atoms with Gasteiger partial charge in [0.2, 0.25) is 0 Å². The van der Waals surface area contributed by atoms with E-state index in [1.54, 1.807) is 11.3 Å². The fourth-order valence-corrected chi connectivity index (χ4v) is 3.98. The van der Waals surface area contributed by atoms with Gasteiger partial charge in [-0.3, -0.25) is 0 Å². The number of phenolic OH excluding ortho intramolecular Hbond substituents is 1. The molecule has 0 atom stereocenters. The van der Waals surface area contributed by atoms with E-state index in [0.717, 1.165) is 28.1 Å². The Morgan fingerprint density at radius 2 is 1.53 bits per heavy atom. The molecule has 0 aliphatic heterocycles. The number of aryl methyl sites for hydroxylation is 2. The summed E-state index contributed by atoms with van der Waals surface area (Å²) in [4.78, 5) is 0. The molecule has 0 bridgehead atoms. The fraction of sp³-hybridized carbons (Fsp3) is 0.250. The van der Waals surface area contributed by atoms with Crippen LogP contribution in [0.15, 0.2) is 24.3 Å². The molecule has 0 radical (unpaired) electrons. The summed E-state index contributed by atoms with van der Waals surface area (Å²) in [6.07, 6.45) is 1.78. The fourth-order valence-electron chi connectivity index (χ4n) is 2.48. The standard InChI is InChI=1S/C16H15ClOS/c1-3-9-5-11-12-6-10(4-2)14(18)8-16(12)19-15(11)7-13(9)17/h5-8,18H,3-4H2,1-2H3. The Kier molecular flexibility index (Phi) is 3.15. The number of hydrogen-bond donors (Lipinski definition) is 1. The lowest BCUT2D eigenvalue weighted by atomic mass is 10.0. The van der Waals surface area contributed by atoms with Gasteiger partial charge in [-0.25, -0.2) is 0 Å². The maximum Gasteiger partial charge on any atom is 0.120 e. The van der Waals surface area contributed by atoms with Crippen LogP contribution in [0.3, 0.4) is 0 Å². The van der Waals surface area contributed by atoms with E-state index in [1.807, 2.05) is 12.1 Å². The van der Waals surface area contributed by atoms with Gasteiger partial charge >= 0.3 is 0 Å². The molecule has 1 nitrogen and oxygen atoms in total. The molecule has 3 aromatic rings. The number of benzene rings is 2. The zero-order valence-corrected chi connectivity index (χ0v) is 12.5. The van der Waals surface area contributed by atoms with E-state index >= 15 is 0 Å². The van der Waals surface area contributed by atoms with Gasteiger partial charge in [0, 0.05) is 25.2 Å². The molecule has 1 heterocycles. The highest BCUT2D eigenvalue weighted by Gasteiger charge is 2.11. The van der Waals surface area contributed by atoms with E-state index in [2.05, 4.69) is 26.0 Å². The molecule has 3 heteroatoms. The Hall–Kier alpha value is -1.25. The normalized spacial score (nSPS) is 11.5. The van der Waals surface area contributed by atoms with Crippen molar-refractivity contribution in [2.75, 3.05) is 0 Å². The van der Waals surface area contributed by atoms with Crippen LogP contribution in [-0.2, 0) is 12.8 Å². The number of rotatable bonds is 2. The highest BCUT2D eigenvalue weighted by Crippen LogP contribution is 2.39. The molecule has 3 rings (SSSR count). The lowest BCUT2D eigenvalue weighted by molar-refractivity contribution is 0.470. The van der Waals surface area contributed by atoms with Crippen molar-refractivity contribution in [2.24, 2.45) is 0 Å². The quantitative estimate of drug-likeness (QED) is 0.657. The molecule has 1 N–H and O–H groups in total. The minimum absolute atomic E-state index is 0.392. The van der Waals surface area contributed by atoms with E-state index < -0.39 is 0 Å². The zero-order chi connectivity index (χ0) is 13.6. The van der Waals surface area contributed by atoms with Crippen molar-refractivity contribution in [3.63, 3.8) is 0 Å². The molecule has 2 aromatic carbocycles. The summed E-state index contributed by atoms with van der Waals surface area (Å²) in [5.41, 5.74) is 2.18. The second-order valence-electron chi connectivity index (χ2n) is 4.73. The van der Waals surface area contributed by atoms with Crippen LogP contribution in [-0.4, -0.2) is 5.11 Å². The van der Waals surface area contributed by atoms with E-state index in [1.165, 1.54) is 21.0 Å². The molecule has 98 valence electrons. The summed E-state index contributed by atoms with van der Waals surface area (Å²) in [6, 6.07) is 8.21. The minimum Gasteiger partial charge on any atom is -0.508 e. The summed E-state index contributed by atoms with van der Waals surface area (Å²) in [5.74, 6) is 0.392. The van der Waals surface area contributed by atoms with Crippen LogP contribution in [0.1, 0.15) is 25.0 Å². The van der Waals surface area contributed by atoms with Gasteiger partial charge in [0.15, 0.2) is 0 Å². The van der Waals surface area contributed by atoms with Crippen LogP contribution in [0.25, 0.3) is 20.2 Å². The Morgan fingerprint density at radius 1 is 0.947 bits per heavy atom. The van der Waals surface area contributed by atoms with Gasteiger partial charge in [-0.05, 0) is 48.2 Å². The molecule has 0 saturated heterocycles. The first-order valence-corrected chi connectivity index (χ1v) is 7.70. The van der Waals surface area contributed by atoms with E-state index in [9.17, 15) is 5.11 Å². The summed E-state index contributed by atoms with van der Waals surface area (Å²) >= 11 is 7.96. The summed E-state index contributed by atoms with van der Waals surface area (Å²) in [7, 11) is 0. The van der Waals surface area contributed by atoms with Crippen molar-refractivity contribution >= 4 is 43.1 Å². The Morgan fingerprint density at radius 3 is 2.16 bits per heavy atom. The van der Waals surface area contributed by atoms with Gasteiger partial charge < -0.3 is 5.11 Å². The molecule has 0 saturated carbocycles. The summed E-state index contributed by atoms with van der Waals surface area (Å²) in [5, 5.41) is 13.3. The van der Waals surface area contributed by atoms with Crippen molar-refractivity contribution in [2.45, 2.75) is 26.7 Å². The minimum atomic E-state index is 0.392. The van der Waals surface area contributed by atoms with Crippen molar-refractivity contribution in [3.05, 3.63) is 40.4 Å². The Bertz CT molecular complexity index is 709. The van der Waals surface area contributed by atoms with Crippen LogP contribution in [0, 0.1) is 0 Å². The first kappa shape index (κ1) is 12.8. The zero-order valence-electron chi connectivity index (χ0n) is 11.0. The second kappa shape index (κ2) is 4.69. The van der Waals surface area contributed by atoms with Gasteiger partial charge in [0.1, 0.15) is 5.75 Å². The number of halogens is 1. The maximum absolute atomic E-state index is 9.97. The van der Waals surface area contributed by atoms with Crippen LogP contribution in [0.5, 0.6) is 5.75 Å². The summed E-state index contributed by atoms with van der Waals surface area (Å²) < 4.78 is 2.30. The predicted octanol–water partition coefficient (Wildman–Crippen LogP) is 5.54. The smallest absolute Gasteiger partial charge is 0.120 e. The van der Waals surface area contributed by atoms with Crippen molar-refractivity contribution < 1.29 is 5.11 Å². The number of thiophene rings is 1. The molecule has 0 aliphatic rings. The first-order valence-electron chi connectivity index (χ1n) is 6.50. The number of hydrogen-bond acceptors (Lipinski definition) is 2. The molecule has 19 heavy (non-hydrogen) atoms. The van der Waals surface area contributed by atoms with Gasteiger partial charge in [-0.1, -0.05) is 25.4 Å². The second-order valence-corrected chi connectivity index (χ2v) is 6.22. The van der Waals surface area contributed by atoms with E-state index in [0.29, 0.717) is 5.75 Å². The SMILES string of the molecule is CCc1cc2c(cc1O)sc1cc(Cl)c(CC)cc12. The van der Waals surface area contributed by atoms with Crippen LogP contribution in [0.2, 0.25) is 5.02 Å². The van der Waals surface area contributed by atoms with Crippen molar-refractivity contribution in [1.29, 1.82) is 0 Å². The van der Waals surface area contributed by atoms with Gasteiger partial charge in [-0.2, -0.15) is 0 Å². The van der Waals surface area contributed by atoms with E-state index in [-0.39, 0.29) is 0 Å². The number of aromatic hydroxyl groups is 1. The molecule has 0 fully saturated rings. The third kappa shape index (κ3) is 1.99. The largest absolute Gasteiger partial charge is 0.508 e. The first-order chi connectivity index (χ1) is 9.13. The van der Waals surface area contributed by atoms with Crippen molar-refractivity contribution in [3.8, 4) is 5.75 Å². The Balaban J connectivity index is 2.41. The highest BCUT2D eigenvalue weighted by atomic mass is 35.5.